The topological polar surface area (TPSA) is 56.8 Å². The summed E-state index contributed by atoms with van der Waals surface area (Å²) in [5, 5.41) is 5.27. The number of benzene rings is 1. The van der Waals surface area contributed by atoms with Crippen LogP contribution in [0.2, 0.25) is 5.02 Å². The van der Waals surface area contributed by atoms with Gasteiger partial charge in [0.15, 0.2) is 6.29 Å². The Hall–Kier alpha value is -1.60. The highest BCUT2D eigenvalue weighted by Crippen LogP contribution is 2.35. The van der Waals surface area contributed by atoms with E-state index in [9.17, 15) is 4.79 Å². The normalized spacial score (nSPS) is 23.7. The minimum atomic E-state index is -0.764. The van der Waals surface area contributed by atoms with Crippen LogP contribution in [0.1, 0.15) is 18.1 Å². The summed E-state index contributed by atoms with van der Waals surface area (Å²) in [6.45, 7) is 2.38. The minimum absolute atomic E-state index is 0.173. The maximum atomic E-state index is 12.6. The molecular weight excluding hydrogens is 350 g/mol. The lowest BCUT2D eigenvalue weighted by Crippen LogP contribution is -2.45. The number of carbonyl (C=O) groups excluding carboxylic acids is 1. The predicted octanol–water partition coefficient (Wildman–Crippen LogP) is 4.10. The predicted molar refractivity (Wildman–Crippen MR) is 93.7 cm³/mol. The van der Waals surface area contributed by atoms with Crippen molar-refractivity contribution in [3.63, 3.8) is 0 Å². The lowest BCUT2D eigenvalue weighted by atomic mass is 9.90. The summed E-state index contributed by atoms with van der Waals surface area (Å²) in [5.41, 5.74) is -0.160. The van der Waals surface area contributed by atoms with Crippen molar-refractivity contribution in [2.75, 3.05) is 25.6 Å². The Labute approximate surface area is 149 Å². The highest BCUT2D eigenvalue weighted by atomic mass is 35.5. The molecule has 1 aliphatic heterocycles. The van der Waals surface area contributed by atoms with Gasteiger partial charge in [-0.25, -0.2) is 0 Å². The molecule has 5 nitrogen and oxygen atoms in total. The number of amides is 1. The zero-order valence-corrected chi connectivity index (χ0v) is 14.9. The number of nitrogens with one attached hydrogen (secondary N) is 1. The second-order valence-corrected chi connectivity index (χ2v) is 7.22. The number of methoxy groups -OCH3 is 1. The van der Waals surface area contributed by atoms with Crippen molar-refractivity contribution in [3.8, 4) is 5.75 Å². The summed E-state index contributed by atoms with van der Waals surface area (Å²) in [4.78, 5) is 13.6. The Bertz CT molecular complexity index is 711. The molecule has 1 amide bonds. The van der Waals surface area contributed by atoms with E-state index >= 15 is 0 Å². The first kappa shape index (κ1) is 17.2. The number of carbonyl (C=O) groups is 1. The van der Waals surface area contributed by atoms with E-state index in [1.807, 2.05) is 24.4 Å². The molecule has 3 rings (SSSR count). The third-order valence-corrected chi connectivity index (χ3v) is 5.03. The molecule has 1 aromatic heterocycles. The number of rotatable bonds is 4. The molecule has 1 saturated heterocycles. The lowest BCUT2D eigenvalue weighted by Gasteiger charge is -2.35. The standard InChI is InChI=1S/C17H18ClNO4S/c1-17(9-22-15(23-10-17)14-4-3-7-24-14)16(20)19-11-5-6-13(21-2)12(18)8-11/h3-8,15H,9-10H2,1-2H3,(H,19,20). The van der Waals surface area contributed by atoms with Gasteiger partial charge < -0.3 is 19.5 Å². The van der Waals surface area contributed by atoms with E-state index in [1.54, 1.807) is 36.6 Å². The summed E-state index contributed by atoms with van der Waals surface area (Å²) in [5.74, 6) is 0.386. The van der Waals surface area contributed by atoms with E-state index in [-0.39, 0.29) is 19.1 Å². The summed E-state index contributed by atoms with van der Waals surface area (Å²) in [7, 11) is 1.54. The highest BCUT2D eigenvalue weighted by molar-refractivity contribution is 7.10. The first-order valence-electron chi connectivity index (χ1n) is 7.43. The Balaban J connectivity index is 1.63. The lowest BCUT2D eigenvalue weighted by molar-refractivity contribution is -0.225. The third-order valence-electron chi connectivity index (χ3n) is 3.84. The number of thiophene rings is 1. The van der Waals surface area contributed by atoms with Crippen LogP contribution in [0.5, 0.6) is 5.75 Å². The summed E-state index contributed by atoms with van der Waals surface area (Å²) in [6, 6.07) is 9.00. The van der Waals surface area contributed by atoms with Crippen molar-refractivity contribution in [2.45, 2.75) is 13.2 Å². The molecule has 1 aromatic carbocycles. The maximum Gasteiger partial charge on any atom is 0.234 e. The van der Waals surface area contributed by atoms with Crippen molar-refractivity contribution in [2.24, 2.45) is 5.41 Å². The van der Waals surface area contributed by atoms with Gasteiger partial charge in [0.2, 0.25) is 5.91 Å². The molecule has 1 N–H and O–H groups in total. The second kappa shape index (κ2) is 7.11. The molecule has 1 fully saturated rings. The van der Waals surface area contributed by atoms with Crippen molar-refractivity contribution in [1.82, 2.24) is 0 Å². The van der Waals surface area contributed by atoms with Crippen LogP contribution >= 0.6 is 22.9 Å². The molecule has 0 spiro atoms. The molecule has 0 unspecified atom stereocenters. The third kappa shape index (κ3) is 3.57. The zero-order chi connectivity index (χ0) is 17.2. The molecular formula is C17H18ClNO4S. The molecule has 0 bridgehead atoms. The Morgan fingerprint density at radius 2 is 2.12 bits per heavy atom. The van der Waals surface area contributed by atoms with E-state index in [2.05, 4.69) is 5.32 Å². The summed E-state index contributed by atoms with van der Waals surface area (Å²) < 4.78 is 16.6. The Morgan fingerprint density at radius 3 is 2.71 bits per heavy atom. The fourth-order valence-electron chi connectivity index (χ4n) is 2.36. The smallest absolute Gasteiger partial charge is 0.234 e. The van der Waals surface area contributed by atoms with Crippen LogP contribution in [0.15, 0.2) is 35.7 Å². The van der Waals surface area contributed by atoms with E-state index in [1.165, 1.54) is 0 Å². The molecule has 0 aliphatic carbocycles. The zero-order valence-electron chi connectivity index (χ0n) is 13.4. The van der Waals surface area contributed by atoms with Gasteiger partial charge in [-0.1, -0.05) is 17.7 Å². The van der Waals surface area contributed by atoms with Gasteiger partial charge in [-0.05, 0) is 36.6 Å². The van der Waals surface area contributed by atoms with Gasteiger partial charge in [0, 0.05) is 5.69 Å². The first-order chi connectivity index (χ1) is 11.5. The first-order valence-corrected chi connectivity index (χ1v) is 8.69. The van der Waals surface area contributed by atoms with Crippen LogP contribution in [0.25, 0.3) is 0 Å². The number of hydrogen-bond donors (Lipinski definition) is 1. The van der Waals surface area contributed by atoms with Crippen LogP contribution in [-0.2, 0) is 14.3 Å². The molecule has 1 aliphatic rings. The average molecular weight is 368 g/mol. The van der Waals surface area contributed by atoms with Gasteiger partial charge in [-0.2, -0.15) is 0 Å². The molecule has 24 heavy (non-hydrogen) atoms. The molecule has 0 atom stereocenters. The number of hydrogen-bond acceptors (Lipinski definition) is 5. The minimum Gasteiger partial charge on any atom is -0.495 e. The molecule has 2 aromatic rings. The van der Waals surface area contributed by atoms with Gasteiger partial charge in [0.25, 0.3) is 0 Å². The van der Waals surface area contributed by atoms with Gasteiger partial charge in [-0.3, -0.25) is 4.79 Å². The summed E-state index contributed by atoms with van der Waals surface area (Å²) >= 11 is 7.65. The molecule has 0 radical (unpaired) electrons. The van der Waals surface area contributed by atoms with Crippen LogP contribution in [0.3, 0.4) is 0 Å². The summed E-state index contributed by atoms with van der Waals surface area (Å²) in [6.07, 6.45) is -0.402. The Kier molecular flexibility index (Phi) is 5.10. The molecule has 0 saturated carbocycles. The van der Waals surface area contributed by atoms with Crippen LogP contribution in [0, 0.1) is 5.41 Å². The van der Waals surface area contributed by atoms with E-state index in [0.29, 0.717) is 16.5 Å². The van der Waals surface area contributed by atoms with Gasteiger partial charge in [-0.15, -0.1) is 11.3 Å². The average Bonchev–Trinajstić information content (AvgIpc) is 3.10. The number of halogens is 1. The molecule has 128 valence electrons. The largest absolute Gasteiger partial charge is 0.495 e. The van der Waals surface area contributed by atoms with Crippen molar-refractivity contribution in [1.29, 1.82) is 0 Å². The second-order valence-electron chi connectivity index (χ2n) is 5.83. The van der Waals surface area contributed by atoms with Crippen LogP contribution in [-0.4, -0.2) is 26.2 Å². The number of anilines is 1. The Morgan fingerprint density at radius 1 is 1.38 bits per heavy atom. The van der Waals surface area contributed by atoms with Crippen molar-refractivity contribution < 1.29 is 19.0 Å². The van der Waals surface area contributed by atoms with E-state index in [0.717, 1.165) is 4.88 Å². The van der Waals surface area contributed by atoms with Gasteiger partial charge in [0.05, 0.1) is 35.6 Å². The van der Waals surface area contributed by atoms with Gasteiger partial charge in [0.1, 0.15) is 5.75 Å². The fourth-order valence-corrected chi connectivity index (χ4v) is 3.33. The maximum absolute atomic E-state index is 12.6. The van der Waals surface area contributed by atoms with Crippen molar-refractivity contribution in [3.05, 3.63) is 45.6 Å². The van der Waals surface area contributed by atoms with E-state index in [4.69, 9.17) is 25.8 Å². The van der Waals surface area contributed by atoms with Gasteiger partial charge >= 0.3 is 0 Å². The number of ether oxygens (including phenoxy) is 3. The van der Waals surface area contributed by atoms with Crippen LogP contribution in [0.4, 0.5) is 5.69 Å². The van der Waals surface area contributed by atoms with E-state index < -0.39 is 11.7 Å². The van der Waals surface area contributed by atoms with Crippen molar-refractivity contribution >= 4 is 34.5 Å². The fraction of sp³-hybridized carbons (Fsp3) is 0.353. The quantitative estimate of drug-likeness (QED) is 0.883. The highest BCUT2D eigenvalue weighted by Gasteiger charge is 2.40. The molecule has 7 heteroatoms. The van der Waals surface area contributed by atoms with Crippen LogP contribution < -0.4 is 10.1 Å². The molecule has 2 heterocycles. The SMILES string of the molecule is COc1ccc(NC(=O)C2(C)COC(c3cccs3)OC2)cc1Cl. The monoisotopic (exact) mass is 367 g/mol.